The van der Waals surface area contributed by atoms with Gasteiger partial charge in [-0.2, -0.15) is 0 Å². The molecule has 0 aromatic carbocycles. The van der Waals surface area contributed by atoms with E-state index in [2.05, 4.69) is 10.1 Å². The summed E-state index contributed by atoms with van der Waals surface area (Å²) in [7, 11) is 0. The highest BCUT2D eigenvalue weighted by molar-refractivity contribution is 5.20. The molecule has 0 atom stereocenters. The van der Waals surface area contributed by atoms with Gasteiger partial charge in [-0.25, -0.2) is 0 Å². The highest BCUT2D eigenvalue weighted by Gasteiger charge is 2.24. The van der Waals surface area contributed by atoms with Crippen LogP contribution in [-0.4, -0.2) is 34.4 Å². The van der Waals surface area contributed by atoms with E-state index in [0.29, 0.717) is 6.04 Å². The number of rotatable bonds is 5. The lowest BCUT2D eigenvalue weighted by Crippen LogP contribution is -2.35. The minimum atomic E-state index is 0.222. The molecule has 0 saturated heterocycles. The second-order valence-electron chi connectivity index (χ2n) is 4.94. The van der Waals surface area contributed by atoms with Crippen LogP contribution < -0.4 is 0 Å². The van der Waals surface area contributed by atoms with Crippen molar-refractivity contribution >= 4 is 0 Å². The smallest absolute Gasteiger partial charge is 0.138 e. The average molecular weight is 238 g/mol. The third kappa shape index (κ3) is 2.87. The fourth-order valence-electron chi connectivity index (χ4n) is 2.72. The Morgan fingerprint density at radius 2 is 2.06 bits per heavy atom. The second-order valence-corrected chi connectivity index (χ2v) is 4.94. The minimum Gasteiger partial charge on any atom is -0.395 e. The summed E-state index contributed by atoms with van der Waals surface area (Å²) in [6.07, 6.45) is 5.13. The van der Waals surface area contributed by atoms with E-state index in [1.165, 1.54) is 31.2 Å². The van der Waals surface area contributed by atoms with Crippen LogP contribution in [0, 0.1) is 13.8 Å². The number of aliphatic hydroxyl groups excluding tert-OH is 1. The van der Waals surface area contributed by atoms with Gasteiger partial charge in [-0.05, 0) is 26.7 Å². The molecule has 17 heavy (non-hydrogen) atoms. The van der Waals surface area contributed by atoms with Crippen LogP contribution >= 0.6 is 0 Å². The molecule has 1 saturated carbocycles. The minimum absolute atomic E-state index is 0.222. The van der Waals surface area contributed by atoms with Crippen molar-refractivity contribution in [2.24, 2.45) is 0 Å². The zero-order valence-corrected chi connectivity index (χ0v) is 10.8. The van der Waals surface area contributed by atoms with E-state index < -0.39 is 0 Å². The van der Waals surface area contributed by atoms with Gasteiger partial charge >= 0.3 is 0 Å². The van der Waals surface area contributed by atoms with Gasteiger partial charge in [0, 0.05) is 24.7 Å². The van der Waals surface area contributed by atoms with Crippen LogP contribution in [0.25, 0.3) is 0 Å². The number of aryl methyl sites for hydroxylation is 2. The molecule has 0 radical (unpaired) electrons. The summed E-state index contributed by atoms with van der Waals surface area (Å²) in [6, 6.07) is 0.621. The van der Waals surface area contributed by atoms with Gasteiger partial charge in [0.25, 0.3) is 0 Å². The molecule has 1 aliphatic rings. The monoisotopic (exact) mass is 238 g/mol. The molecular formula is C13H22N2O2. The molecule has 0 amide bonds. The summed E-state index contributed by atoms with van der Waals surface area (Å²) in [5, 5.41) is 13.2. The summed E-state index contributed by atoms with van der Waals surface area (Å²) in [6.45, 7) is 5.76. The van der Waals surface area contributed by atoms with Gasteiger partial charge < -0.3 is 9.63 Å². The summed E-state index contributed by atoms with van der Waals surface area (Å²) in [5.41, 5.74) is 2.16. The molecular weight excluding hydrogens is 216 g/mol. The Bertz CT molecular complexity index is 337. The first-order valence-electron chi connectivity index (χ1n) is 6.49. The number of hydrogen-bond donors (Lipinski definition) is 1. The normalized spacial score (nSPS) is 17.2. The van der Waals surface area contributed by atoms with Crippen LogP contribution in [0.4, 0.5) is 0 Å². The zero-order valence-electron chi connectivity index (χ0n) is 10.8. The molecule has 0 bridgehead atoms. The third-order valence-corrected chi connectivity index (χ3v) is 3.77. The Morgan fingerprint density at radius 3 is 2.59 bits per heavy atom. The third-order valence-electron chi connectivity index (χ3n) is 3.77. The number of aromatic nitrogens is 1. The Hall–Kier alpha value is -0.870. The van der Waals surface area contributed by atoms with E-state index in [0.717, 1.165) is 24.5 Å². The van der Waals surface area contributed by atoms with Gasteiger partial charge in [-0.3, -0.25) is 4.90 Å². The second kappa shape index (κ2) is 5.65. The lowest BCUT2D eigenvalue weighted by Gasteiger charge is -2.27. The Kier molecular flexibility index (Phi) is 4.18. The number of aliphatic hydroxyl groups is 1. The van der Waals surface area contributed by atoms with Gasteiger partial charge in [0.05, 0.1) is 12.3 Å². The highest BCUT2D eigenvalue weighted by atomic mass is 16.5. The van der Waals surface area contributed by atoms with Crippen LogP contribution in [0.1, 0.15) is 42.7 Å². The van der Waals surface area contributed by atoms with Crippen LogP contribution in [0.3, 0.4) is 0 Å². The van der Waals surface area contributed by atoms with Crippen molar-refractivity contribution in [2.45, 2.75) is 52.1 Å². The standard InChI is InChI=1S/C13H22N2O2/c1-10-13(11(2)17-14-10)9-15(7-8-16)12-5-3-4-6-12/h12,16H,3-9H2,1-2H3. The first-order chi connectivity index (χ1) is 8.22. The van der Waals surface area contributed by atoms with Crippen molar-refractivity contribution in [3.8, 4) is 0 Å². The van der Waals surface area contributed by atoms with Gasteiger partial charge in [-0.15, -0.1) is 0 Å². The van der Waals surface area contributed by atoms with Crippen LogP contribution in [0.5, 0.6) is 0 Å². The van der Waals surface area contributed by atoms with E-state index in [4.69, 9.17) is 4.52 Å². The predicted octanol–water partition coefficient (Wildman–Crippen LogP) is 2.03. The lowest BCUT2D eigenvalue weighted by atomic mass is 10.1. The largest absolute Gasteiger partial charge is 0.395 e. The number of hydrogen-bond acceptors (Lipinski definition) is 4. The van der Waals surface area contributed by atoms with Crippen molar-refractivity contribution in [2.75, 3.05) is 13.2 Å². The molecule has 1 aromatic rings. The van der Waals surface area contributed by atoms with Crippen molar-refractivity contribution in [1.82, 2.24) is 10.1 Å². The fourth-order valence-corrected chi connectivity index (χ4v) is 2.72. The summed E-state index contributed by atoms with van der Waals surface area (Å²) in [4.78, 5) is 2.37. The van der Waals surface area contributed by atoms with Crippen molar-refractivity contribution in [3.63, 3.8) is 0 Å². The van der Waals surface area contributed by atoms with Gasteiger partial charge in [0.1, 0.15) is 5.76 Å². The Labute approximate surface area is 103 Å². The first kappa shape index (κ1) is 12.6. The molecule has 0 spiro atoms. The topological polar surface area (TPSA) is 49.5 Å². The van der Waals surface area contributed by atoms with Gasteiger partial charge in [0.2, 0.25) is 0 Å². The van der Waals surface area contributed by atoms with Gasteiger partial charge in [0.15, 0.2) is 0 Å². The summed E-state index contributed by atoms with van der Waals surface area (Å²) < 4.78 is 5.20. The zero-order chi connectivity index (χ0) is 12.3. The van der Waals surface area contributed by atoms with E-state index in [-0.39, 0.29) is 6.61 Å². The predicted molar refractivity (Wildman–Crippen MR) is 65.7 cm³/mol. The molecule has 1 aromatic heterocycles. The van der Waals surface area contributed by atoms with Crippen molar-refractivity contribution in [3.05, 3.63) is 17.0 Å². The van der Waals surface area contributed by atoms with Crippen molar-refractivity contribution in [1.29, 1.82) is 0 Å². The lowest BCUT2D eigenvalue weighted by molar-refractivity contribution is 0.144. The first-order valence-corrected chi connectivity index (χ1v) is 6.49. The quantitative estimate of drug-likeness (QED) is 0.852. The molecule has 96 valence electrons. The molecule has 4 nitrogen and oxygen atoms in total. The molecule has 1 aliphatic carbocycles. The van der Waals surface area contributed by atoms with Gasteiger partial charge in [-0.1, -0.05) is 18.0 Å². The summed E-state index contributed by atoms with van der Waals surface area (Å²) >= 11 is 0. The average Bonchev–Trinajstić information content (AvgIpc) is 2.93. The molecule has 2 rings (SSSR count). The van der Waals surface area contributed by atoms with E-state index in [9.17, 15) is 5.11 Å². The number of nitrogens with zero attached hydrogens (tertiary/aromatic N) is 2. The maximum Gasteiger partial charge on any atom is 0.138 e. The summed E-state index contributed by atoms with van der Waals surface area (Å²) in [5.74, 6) is 0.906. The van der Waals surface area contributed by atoms with Crippen LogP contribution in [0.2, 0.25) is 0 Å². The Balaban J connectivity index is 2.06. The SMILES string of the molecule is Cc1noc(C)c1CN(CCO)C1CCCC1. The van der Waals surface area contributed by atoms with E-state index in [1.54, 1.807) is 0 Å². The maximum absolute atomic E-state index is 9.18. The molecule has 1 fully saturated rings. The fraction of sp³-hybridized carbons (Fsp3) is 0.769. The Morgan fingerprint density at radius 1 is 1.35 bits per heavy atom. The molecule has 0 aliphatic heterocycles. The molecule has 1 N–H and O–H groups in total. The molecule has 4 heteroatoms. The molecule has 0 unspecified atom stereocenters. The highest BCUT2D eigenvalue weighted by Crippen LogP contribution is 2.26. The van der Waals surface area contributed by atoms with E-state index >= 15 is 0 Å². The van der Waals surface area contributed by atoms with Crippen LogP contribution in [0.15, 0.2) is 4.52 Å². The molecule has 1 heterocycles. The maximum atomic E-state index is 9.18. The van der Waals surface area contributed by atoms with Crippen molar-refractivity contribution < 1.29 is 9.63 Å². The van der Waals surface area contributed by atoms with E-state index in [1.807, 2.05) is 13.8 Å². The van der Waals surface area contributed by atoms with Crippen LogP contribution in [-0.2, 0) is 6.54 Å².